The highest BCUT2D eigenvalue weighted by molar-refractivity contribution is 5.89. The van der Waals surface area contributed by atoms with E-state index in [4.69, 9.17) is 0 Å². The van der Waals surface area contributed by atoms with Crippen molar-refractivity contribution >= 4 is 5.97 Å². The number of methoxy groups -OCH3 is 1. The smallest absolute Gasteiger partial charge is 0.358 e. The number of hydrogen-bond donors (Lipinski definition) is 1. The molecule has 0 spiro atoms. The number of aryl methyl sites for hydroxylation is 2. The second kappa shape index (κ2) is 4.37. The fraction of sp³-hybridized carbons (Fsp3) is 0.250. The summed E-state index contributed by atoms with van der Waals surface area (Å²) in [5, 5.41) is 0. The van der Waals surface area contributed by atoms with Crippen molar-refractivity contribution in [1.82, 2.24) is 15.0 Å². The molecule has 0 aromatic carbocycles. The molecule has 0 aliphatic heterocycles. The van der Waals surface area contributed by atoms with E-state index < -0.39 is 5.97 Å². The molecule has 2 rings (SSSR count). The van der Waals surface area contributed by atoms with Gasteiger partial charge in [0.2, 0.25) is 0 Å². The minimum Gasteiger partial charge on any atom is -0.464 e. The number of ether oxygens (including phenoxy) is 1. The van der Waals surface area contributed by atoms with E-state index in [1.807, 2.05) is 19.1 Å². The standard InChI is InChI=1S/C12H13N3O2/c1-7-9(5-4-6-13-7)11-14-8(2)10(15-11)12(16)17-3/h4-6H,1-3H3,(H,14,15). The summed E-state index contributed by atoms with van der Waals surface area (Å²) in [6.07, 6.45) is 1.72. The van der Waals surface area contributed by atoms with Crippen LogP contribution in [0.3, 0.4) is 0 Å². The minimum atomic E-state index is -0.438. The highest BCUT2D eigenvalue weighted by Crippen LogP contribution is 2.20. The van der Waals surface area contributed by atoms with Crippen LogP contribution in [0.1, 0.15) is 21.9 Å². The topological polar surface area (TPSA) is 67.9 Å². The lowest BCUT2D eigenvalue weighted by molar-refractivity contribution is 0.0594. The van der Waals surface area contributed by atoms with Gasteiger partial charge in [-0.15, -0.1) is 0 Å². The first-order chi connectivity index (χ1) is 8.13. The number of carbonyl (C=O) groups excluding carboxylic acids is 1. The van der Waals surface area contributed by atoms with Crippen molar-refractivity contribution in [1.29, 1.82) is 0 Å². The zero-order valence-electron chi connectivity index (χ0n) is 9.94. The van der Waals surface area contributed by atoms with E-state index in [1.165, 1.54) is 7.11 Å². The summed E-state index contributed by atoms with van der Waals surface area (Å²) in [5.41, 5.74) is 2.74. The number of aromatic nitrogens is 3. The third kappa shape index (κ3) is 2.04. The molecule has 0 unspecified atom stereocenters. The van der Waals surface area contributed by atoms with Crippen LogP contribution in [-0.2, 0) is 4.74 Å². The van der Waals surface area contributed by atoms with Crippen molar-refractivity contribution in [3.05, 3.63) is 35.4 Å². The van der Waals surface area contributed by atoms with Crippen LogP contribution in [0.4, 0.5) is 0 Å². The van der Waals surface area contributed by atoms with Crippen LogP contribution < -0.4 is 0 Å². The molecule has 0 aliphatic rings. The molecule has 5 nitrogen and oxygen atoms in total. The van der Waals surface area contributed by atoms with E-state index >= 15 is 0 Å². The maximum absolute atomic E-state index is 11.4. The van der Waals surface area contributed by atoms with Crippen LogP contribution in [0.2, 0.25) is 0 Å². The number of esters is 1. The van der Waals surface area contributed by atoms with Gasteiger partial charge in [-0.3, -0.25) is 4.98 Å². The molecular weight excluding hydrogens is 218 g/mol. The molecule has 0 amide bonds. The number of nitrogens with one attached hydrogen (secondary N) is 1. The molecule has 2 heterocycles. The first-order valence-electron chi connectivity index (χ1n) is 5.20. The Morgan fingerprint density at radius 1 is 1.41 bits per heavy atom. The normalized spacial score (nSPS) is 10.3. The summed E-state index contributed by atoms with van der Waals surface area (Å²) < 4.78 is 4.66. The third-order valence-corrected chi connectivity index (χ3v) is 2.53. The highest BCUT2D eigenvalue weighted by Gasteiger charge is 2.16. The molecule has 2 aromatic rings. The fourth-order valence-corrected chi connectivity index (χ4v) is 1.62. The van der Waals surface area contributed by atoms with Crippen molar-refractivity contribution in [3.8, 4) is 11.4 Å². The fourth-order valence-electron chi connectivity index (χ4n) is 1.62. The van der Waals surface area contributed by atoms with Crippen molar-refractivity contribution < 1.29 is 9.53 Å². The Labute approximate surface area is 98.9 Å². The van der Waals surface area contributed by atoms with Crippen LogP contribution in [0.5, 0.6) is 0 Å². The summed E-state index contributed by atoms with van der Waals surface area (Å²) in [5.74, 6) is 0.194. The maximum Gasteiger partial charge on any atom is 0.358 e. The zero-order chi connectivity index (χ0) is 12.4. The van der Waals surface area contributed by atoms with Gasteiger partial charge in [0, 0.05) is 23.1 Å². The molecule has 88 valence electrons. The lowest BCUT2D eigenvalue weighted by Gasteiger charge is -1.99. The van der Waals surface area contributed by atoms with Crippen LogP contribution in [0.15, 0.2) is 18.3 Å². The van der Waals surface area contributed by atoms with Crippen LogP contribution in [-0.4, -0.2) is 28.0 Å². The molecule has 0 bridgehead atoms. The SMILES string of the molecule is COC(=O)c1nc(-c2cccnc2C)[nH]c1C. The van der Waals surface area contributed by atoms with Crippen molar-refractivity contribution in [2.45, 2.75) is 13.8 Å². The summed E-state index contributed by atoms with van der Waals surface area (Å²) in [4.78, 5) is 22.9. The van der Waals surface area contributed by atoms with E-state index in [0.717, 1.165) is 11.3 Å². The molecule has 0 aliphatic carbocycles. The molecule has 0 radical (unpaired) electrons. The van der Waals surface area contributed by atoms with Crippen molar-refractivity contribution in [2.75, 3.05) is 7.11 Å². The summed E-state index contributed by atoms with van der Waals surface area (Å²) in [6, 6.07) is 3.74. The second-order valence-electron chi connectivity index (χ2n) is 3.69. The first-order valence-corrected chi connectivity index (χ1v) is 5.20. The first kappa shape index (κ1) is 11.3. The van der Waals surface area contributed by atoms with Gasteiger partial charge in [-0.25, -0.2) is 9.78 Å². The van der Waals surface area contributed by atoms with Crippen LogP contribution >= 0.6 is 0 Å². The van der Waals surface area contributed by atoms with Gasteiger partial charge in [0.05, 0.1) is 7.11 Å². The highest BCUT2D eigenvalue weighted by atomic mass is 16.5. The number of H-pyrrole nitrogens is 1. The predicted molar refractivity (Wildman–Crippen MR) is 62.6 cm³/mol. The molecule has 2 aromatic heterocycles. The van der Waals surface area contributed by atoms with Crippen LogP contribution in [0, 0.1) is 13.8 Å². The molecule has 17 heavy (non-hydrogen) atoms. The average molecular weight is 231 g/mol. The van der Waals surface area contributed by atoms with Gasteiger partial charge in [0.15, 0.2) is 5.69 Å². The lowest BCUT2D eigenvalue weighted by Crippen LogP contribution is -2.03. The quantitative estimate of drug-likeness (QED) is 0.801. The Kier molecular flexibility index (Phi) is 2.91. The molecule has 0 saturated heterocycles. The number of imidazole rings is 1. The number of carbonyl (C=O) groups is 1. The van der Waals surface area contributed by atoms with Gasteiger partial charge < -0.3 is 9.72 Å². The number of rotatable bonds is 2. The molecular formula is C12H13N3O2. The van der Waals surface area contributed by atoms with Crippen molar-refractivity contribution in [2.24, 2.45) is 0 Å². The Morgan fingerprint density at radius 2 is 2.18 bits per heavy atom. The third-order valence-electron chi connectivity index (χ3n) is 2.53. The van der Waals surface area contributed by atoms with Gasteiger partial charge in [-0.1, -0.05) is 0 Å². The Morgan fingerprint density at radius 3 is 2.82 bits per heavy atom. The van der Waals surface area contributed by atoms with Gasteiger partial charge in [-0.2, -0.15) is 0 Å². The molecule has 1 N–H and O–H groups in total. The summed E-state index contributed by atoms with van der Waals surface area (Å²) >= 11 is 0. The number of hydrogen-bond acceptors (Lipinski definition) is 4. The minimum absolute atomic E-state index is 0.311. The Balaban J connectivity index is 2.49. The zero-order valence-corrected chi connectivity index (χ0v) is 9.94. The molecule has 0 atom stereocenters. The number of aromatic amines is 1. The van der Waals surface area contributed by atoms with Gasteiger partial charge in [0.25, 0.3) is 0 Å². The van der Waals surface area contributed by atoms with Gasteiger partial charge in [-0.05, 0) is 26.0 Å². The maximum atomic E-state index is 11.4. The van der Waals surface area contributed by atoms with Gasteiger partial charge in [0.1, 0.15) is 5.82 Å². The van der Waals surface area contributed by atoms with E-state index in [-0.39, 0.29) is 0 Å². The van der Waals surface area contributed by atoms with E-state index in [9.17, 15) is 4.79 Å². The summed E-state index contributed by atoms with van der Waals surface area (Å²) in [6.45, 7) is 3.68. The predicted octanol–water partition coefficient (Wildman–Crippen LogP) is 1.88. The van der Waals surface area contributed by atoms with Crippen LogP contribution in [0.25, 0.3) is 11.4 Å². The molecule has 0 saturated carbocycles. The second-order valence-corrected chi connectivity index (χ2v) is 3.69. The lowest BCUT2D eigenvalue weighted by atomic mass is 10.2. The Bertz CT molecular complexity index is 561. The Hall–Kier alpha value is -2.17. The molecule has 0 fully saturated rings. The molecule has 5 heteroatoms. The number of pyridine rings is 1. The van der Waals surface area contributed by atoms with E-state index in [1.54, 1.807) is 13.1 Å². The largest absolute Gasteiger partial charge is 0.464 e. The summed E-state index contributed by atoms with van der Waals surface area (Å²) in [7, 11) is 1.34. The van der Waals surface area contributed by atoms with E-state index in [0.29, 0.717) is 17.2 Å². The number of nitrogens with zero attached hydrogens (tertiary/aromatic N) is 2. The van der Waals surface area contributed by atoms with E-state index in [2.05, 4.69) is 19.7 Å². The van der Waals surface area contributed by atoms with Gasteiger partial charge >= 0.3 is 5.97 Å². The van der Waals surface area contributed by atoms with Crippen molar-refractivity contribution in [3.63, 3.8) is 0 Å². The average Bonchev–Trinajstić information content (AvgIpc) is 2.71. The monoisotopic (exact) mass is 231 g/mol.